The maximum absolute atomic E-state index is 12.2. The Morgan fingerprint density at radius 2 is 2.33 bits per heavy atom. The number of nitrogens with one attached hydrogen (secondary N) is 1. The summed E-state index contributed by atoms with van der Waals surface area (Å²) in [5, 5.41) is 3.16. The number of halogens is 1. The molecule has 1 aromatic carbocycles. The molecule has 1 aromatic rings. The van der Waals surface area contributed by atoms with Gasteiger partial charge < -0.3 is 15.0 Å². The summed E-state index contributed by atoms with van der Waals surface area (Å²) in [6.45, 7) is 2.55. The summed E-state index contributed by atoms with van der Waals surface area (Å²) in [6.07, 6.45) is 0. The highest BCUT2D eigenvalue weighted by atomic mass is 35.5. The van der Waals surface area contributed by atoms with Crippen LogP contribution in [-0.4, -0.2) is 42.3 Å². The van der Waals surface area contributed by atoms with Crippen molar-refractivity contribution in [1.29, 1.82) is 0 Å². The SMILES string of the molecule is CCOC(=O)CNC(=O)N1CCSC1c1cccc(Cl)c1. The van der Waals surface area contributed by atoms with Crippen LogP contribution in [0.1, 0.15) is 17.9 Å². The van der Waals surface area contributed by atoms with E-state index < -0.39 is 5.97 Å². The molecular weight excluding hydrogens is 312 g/mol. The van der Waals surface area contributed by atoms with Gasteiger partial charge in [0.25, 0.3) is 0 Å². The number of amides is 2. The van der Waals surface area contributed by atoms with Crippen LogP contribution in [0.3, 0.4) is 0 Å². The lowest BCUT2D eigenvalue weighted by atomic mass is 10.2. The van der Waals surface area contributed by atoms with E-state index in [4.69, 9.17) is 16.3 Å². The van der Waals surface area contributed by atoms with Crippen LogP contribution in [-0.2, 0) is 9.53 Å². The first-order valence-electron chi connectivity index (χ1n) is 6.69. The van der Waals surface area contributed by atoms with Gasteiger partial charge in [0.05, 0.1) is 6.61 Å². The summed E-state index contributed by atoms with van der Waals surface area (Å²) in [6, 6.07) is 7.20. The summed E-state index contributed by atoms with van der Waals surface area (Å²) >= 11 is 7.67. The Morgan fingerprint density at radius 3 is 3.05 bits per heavy atom. The van der Waals surface area contributed by atoms with Crippen LogP contribution in [0.5, 0.6) is 0 Å². The summed E-state index contributed by atoms with van der Waals surface area (Å²) in [5.74, 6) is 0.418. The Kier molecular flexibility index (Phi) is 5.76. The van der Waals surface area contributed by atoms with Gasteiger partial charge in [-0.25, -0.2) is 4.79 Å². The van der Waals surface area contributed by atoms with Gasteiger partial charge in [-0.2, -0.15) is 0 Å². The summed E-state index contributed by atoms with van der Waals surface area (Å²) in [5.41, 5.74) is 0.983. The molecular formula is C14H17ClN2O3S. The number of rotatable bonds is 4. The van der Waals surface area contributed by atoms with Gasteiger partial charge in [0.2, 0.25) is 0 Å². The van der Waals surface area contributed by atoms with Gasteiger partial charge in [0.1, 0.15) is 11.9 Å². The van der Waals surface area contributed by atoms with Crippen LogP contribution in [0.25, 0.3) is 0 Å². The Balaban J connectivity index is 1.98. The van der Waals surface area contributed by atoms with Crippen LogP contribution in [0.2, 0.25) is 5.02 Å². The molecule has 1 N–H and O–H groups in total. The number of hydrogen-bond donors (Lipinski definition) is 1. The van der Waals surface area contributed by atoms with Crippen LogP contribution in [0, 0.1) is 0 Å². The molecule has 0 bridgehead atoms. The van der Waals surface area contributed by atoms with Crippen LogP contribution in [0.15, 0.2) is 24.3 Å². The van der Waals surface area contributed by atoms with Gasteiger partial charge in [-0.15, -0.1) is 11.8 Å². The zero-order valence-electron chi connectivity index (χ0n) is 11.7. The van der Waals surface area contributed by atoms with Crippen molar-refractivity contribution in [3.63, 3.8) is 0 Å². The molecule has 0 saturated carbocycles. The van der Waals surface area contributed by atoms with Crippen molar-refractivity contribution in [3.8, 4) is 0 Å². The predicted molar refractivity (Wildman–Crippen MR) is 83.4 cm³/mol. The maximum Gasteiger partial charge on any atom is 0.325 e. The molecule has 1 unspecified atom stereocenters. The molecule has 5 nitrogen and oxygen atoms in total. The normalized spacial score (nSPS) is 17.6. The summed E-state index contributed by atoms with van der Waals surface area (Å²) < 4.78 is 4.79. The van der Waals surface area contributed by atoms with Crippen molar-refractivity contribution >= 4 is 35.4 Å². The molecule has 1 fully saturated rings. The largest absolute Gasteiger partial charge is 0.465 e. The van der Waals surface area contributed by atoms with Crippen molar-refractivity contribution < 1.29 is 14.3 Å². The molecule has 21 heavy (non-hydrogen) atoms. The standard InChI is InChI=1S/C14H17ClN2O3S/c1-2-20-12(18)9-16-14(19)17-6-7-21-13(17)10-4-3-5-11(15)8-10/h3-5,8,13H,2,6-7,9H2,1H3,(H,16,19). The lowest BCUT2D eigenvalue weighted by Gasteiger charge is -2.24. The van der Waals surface area contributed by atoms with E-state index in [9.17, 15) is 9.59 Å². The molecule has 1 aliphatic heterocycles. The average molecular weight is 329 g/mol. The lowest BCUT2D eigenvalue weighted by molar-refractivity contribution is -0.141. The van der Waals surface area contributed by atoms with E-state index in [0.717, 1.165) is 11.3 Å². The number of ether oxygens (including phenoxy) is 1. The van der Waals surface area contributed by atoms with Gasteiger partial charge >= 0.3 is 12.0 Å². The summed E-state index contributed by atoms with van der Waals surface area (Å²) in [4.78, 5) is 25.2. The van der Waals surface area contributed by atoms with Gasteiger partial charge in [0, 0.05) is 17.3 Å². The highest BCUT2D eigenvalue weighted by Crippen LogP contribution is 2.38. The Hall–Kier alpha value is -1.40. The van der Waals surface area contributed by atoms with Gasteiger partial charge in [0.15, 0.2) is 0 Å². The number of esters is 1. The first kappa shape index (κ1) is 16.0. The zero-order valence-corrected chi connectivity index (χ0v) is 13.2. The van der Waals surface area contributed by atoms with E-state index in [2.05, 4.69) is 5.32 Å². The van der Waals surface area contributed by atoms with Gasteiger partial charge in [-0.1, -0.05) is 23.7 Å². The fourth-order valence-electron chi connectivity index (χ4n) is 2.08. The Bertz CT molecular complexity index is 527. The lowest BCUT2D eigenvalue weighted by Crippen LogP contribution is -2.41. The molecule has 1 heterocycles. The third-order valence-electron chi connectivity index (χ3n) is 2.97. The third kappa shape index (κ3) is 4.28. The van der Waals surface area contributed by atoms with Crippen molar-refractivity contribution in [3.05, 3.63) is 34.9 Å². The highest BCUT2D eigenvalue weighted by Gasteiger charge is 2.30. The fraction of sp³-hybridized carbons (Fsp3) is 0.429. The number of hydrogen-bond acceptors (Lipinski definition) is 4. The molecule has 0 radical (unpaired) electrons. The molecule has 1 aliphatic rings. The molecule has 7 heteroatoms. The van der Waals surface area contributed by atoms with E-state index in [0.29, 0.717) is 18.2 Å². The van der Waals surface area contributed by atoms with Crippen molar-refractivity contribution in [2.75, 3.05) is 25.4 Å². The Labute approximate surface area is 133 Å². The minimum atomic E-state index is -0.433. The monoisotopic (exact) mass is 328 g/mol. The van der Waals surface area contributed by atoms with Crippen LogP contribution in [0.4, 0.5) is 4.79 Å². The molecule has 2 rings (SSSR count). The zero-order chi connectivity index (χ0) is 15.2. The molecule has 2 amide bonds. The highest BCUT2D eigenvalue weighted by molar-refractivity contribution is 7.99. The Morgan fingerprint density at radius 1 is 1.52 bits per heavy atom. The molecule has 1 atom stereocenters. The fourth-order valence-corrected chi connectivity index (χ4v) is 3.52. The van der Waals surface area contributed by atoms with E-state index >= 15 is 0 Å². The van der Waals surface area contributed by atoms with Crippen LogP contribution >= 0.6 is 23.4 Å². The number of thioether (sulfide) groups is 1. The second-order valence-corrected chi connectivity index (χ2v) is 6.06. The molecule has 0 aliphatic carbocycles. The van der Waals surface area contributed by atoms with Crippen LogP contribution < -0.4 is 5.32 Å². The van der Waals surface area contributed by atoms with Crippen molar-refractivity contribution in [2.45, 2.75) is 12.3 Å². The second kappa shape index (κ2) is 7.56. The molecule has 0 aromatic heterocycles. The maximum atomic E-state index is 12.2. The third-order valence-corrected chi connectivity index (χ3v) is 4.47. The topological polar surface area (TPSA) is 58.6 Å². The number of nitrogens with zero attached hydrogens (tertiary/aromatic N) is 1. The quantitative estimate of drug-likeness (QED) is 0.863. The predicted octanol–water partition coefficient (Wildman–Crippen LogP) is 2.66. The smallest absolute Gasteiger partial charge is 0.325 e. The molecule has 0 spiro atoms. The van der Waals surface area contributed by atoms with Crippen molar-refractivity contribution in [1.82, 2.24) is 10.2 Å². The van der Waals surface area contributed by atoms with Crippen molar-refractivity contribution in [2.24, 2.45) is 0 Å². The first-order valence-corrected chi connectivity index (χ1v) is 8.11. The van der Waals surface area contributed by atoms with E-state index in [1.54, 1.807) is 29.7 Å². The number of benzene rings is 1. The molecule has 114 valence electrons. The number of urea groups is 1. The second-order valence-electron chi connectivity index (χ2n) is 4.44. The summed E-state index contributed by atoms with van der Waals surface area (Å²) in [7, 11) is 0. The minimum Gasteiger partial charge on any atom is -0.465 e. The average Bonchev–Trinajstić information content (AvgIpc) is 2.94. The number of carbonyl (C=O) groups is 2. The molecule has 1 saturated heterocycles. The van der Waals surface area contributed by atoms with E-state index in [1.165, 1.54) is 0 Å². The minimum absolute atomic E-state index is 0.0779. The van der Waals surface area contributed by atoms with Gasteiger partial charge in [-0.05, 0) is 24.6 Å². The van der Waals surface area contributed by atoms with Gasteiger partial charge in [-0.3, -0.25) is 4.79 Å². The van der Waals surface area contributed by atoms with E-state index in [-0.39, 0.29) is 17.9 Å². The number of carbonyl (C=O) groups excluding carboxylic acids is 2. The first-order chi connectivity index (χ1) is 10.1. The van der Waals surface area contributed by atoms with E-state index in [1.807, 2.05) is 18.2 Å².